The van der Waals surface area contributed by atoms with Gasteiger partial charge in [0.1, 0.15) is 4.88 Å². The molecule has 0 radical (unpaired) electrons. The van der Waals surface area contributed by atoms with Crippen LogP contribution in [-0.4, -0.2) is 52.2 Å². The van der Waals surface area contributed by atoms with Gasteiger partial charge < -0.3 is 20.0 Å². The van der Waals surface area contributed by atoms with E-state index in [1.807, 2.05) is 30.3 Å². The Bertz CT molecular complexity index is 1240. The first-order valence-corrected chi connectivity index (χ1v) is 12.0. The number of halogens is 2. The molecule has 3 aromatic rings. The smallest absolute Gasteiger partial charge is 0.407 e. The first kappa shape index (κ1) is 24.1. The summed E-state index contributed by atoms with van der Waals surface area (Å²) < 4.78 is 0. The van der Waals surface area contributed by atoms with E-state index in [4.69, 9.17) is 23.2 Å². The van der Waals surface area contributed by atoms with Crippen LogP contribution >= 0.6 is 34.5 Å². The summed E-state index contributed by atoms with van der Waals surface area (Å²) in [7, 11) is 0. The highest BCUT2D eigenvalue weighted by molar-refractivity contribution is 7.18. The summed E-state index contributed by atoms with van der Waals surface area (Å²) in [5.41, 5.74) is 1.29. The van der Waals surface area contributed by atoms with Gasteiger partial charge >= 0.3 is 12.1 Å². The van der Waals surface area contributed by atoms with E-state index in [0.717, 1.165) is 16.9 Å². The third-order valence-electron chi connectivity index (χ3n) is 5.71. The highest BCUT2D eigenvalue weighted by Gasteiger charge is 2.35. The van der Waals surface area contributed by atoms with Gasteiger partial charge in [-0.2, -0.15) is 0 Å². The van der Waals surface area contributed by atoms with E-state index in [1.165, 1.54) is 21.9 Å². The summed E-state index contributed by atoms with van der Waals surface area (Å²) in [6.07, 6.45) is -0.303. The van der Waals surface area contributed by atoms with Gasteiger partial charge in [-0.05, 0) is 42.7 Å². The molecule has 1 aliphatic heterocycles. The van der Waals surface area contributed by atoms with E-state index >= 15 is 0 Å². The molecule has 1 aliphatic rings. The normalized spacial score (nSPS) is 14.1. The predicted octanol–water partition coefficient (Wildman–Crippen LogP) is 6.21. The molecule has 7 nitrogen and oxygen atoms in total. The third kappa shape index (κ3) is 4.89. The third-order valence-corrected chi connectivity index (χ3v) is 7.41. The summed E-state index contributed by atoms with van der Waals surface area (Å²) in [5.74, 6) is -1.61. The van der Waals surface area contributed by atoms with Crippen molar-refractivity contribution in [2.24, 2.45) is 0 Å². The standard InChI is InChI=1S/C24H20Cl2N2O5S/c25-15-6-7-17(18(26)12-15)22(29)28(16-8-10-27(11-9-16)24(32)33)19-13-20(34-21(19)23(30)31)14-4-2-1-3-5-14/h1-7,12-13,16H,8-11H2,(H,30,31)(H,32,33). The molecule has 0 unspecified atom stereocenters. The predicted molar refractivity (Wildman–Crippen MR) is 133 cm³/mol. The molecule has 0 bridgehead atoms. The van der Waals surface area contributed by atoms with Crippen LogP contribution in [0.15, 0.2) is 54.6 Å². The number of thiophene rings is 1. The number of carboxylic acids is 1. The molecular weight excluding hydrogens is 499 g/mol. The maximum atomic E-state index is 13.8. The van der Waals surface area contributed by atoms with Gasteiger partial charge in [0.15, 0.2) is 0 Å². The van der Waals surface area contributed by atoms with Crippen molar-refractivity contribution in [3.63, 3.8) is 0 Å². The van der Waals surface area contributed by atoms with E-state index in [9.17, 15) is 24.6 Å². The number of hydrogen-bond donors (Lipinski definition) is 2. The zero-order valence-electron chi connectivity index (χ0n) is 17.8. The van der Waals surface area contributed by atoms with Gasteiger partial charge in [-0.1, -0.05) is 53.5 Å². The second kappa shape index (κ2) is 10.0. The zero-order valence-corrected chi connectivity index (χ0v) is 20.1. The lowest BCUT2D eigenvalue weighted by Gasteiger charge is -2.37. The number of piperidine rings is 1. The molecule has 34 heavy (non-hydrogen) atoms. The zero-order chi connectivity index (χ0) is 24.4. The fourth-order valence-electron chi connectivity index (χ4n) is 4.04. The maximum Gasteiger partial charge on any atom is 0.407 e. The van der Waals surface area contributed by atoms with Gasteiger partial charge in [-0.15, -0.1) is 11.3 Å². The molecule has 2 heterocycles. The second-order valence-corrected chi connectivity index (χ2v) is 9.69. The minimum atomic E-state index is -1.15. The monoisotopic (exact) mass is 518 g/mol. The summed E-state index contributed by atoms with van der Waals surface area (Å²) in [6.45, 7) is 0.465. The molecule has 4 rings (SSSR count). The van der Waals surface area contributed by atoms with Crippen LogP contribution in [0, 0.1) is 0 Å². The van der Waals surface area contributed by atoms with Crippen molar-refractivity contribution < 1.29 is 24.6 Å². The highest BCUT2D eigenvalue weighted by Crippen LogP contribution is 2.40. The molecular formula is C24H20Cl2N2O5S. The lowest BCUT2D eigenvalue weighted by molar-refractivity contribution is 0.0702. The summed E-state index contributed by atoms with van der Waals surface area (Å²) in [6, 6.07) is 15.1. The molecule has 2 aromatic carbocycles. The first-order chi connectivity index (χ1) is 16.3. The molecule has 1 fully saturated rings. The Morgan fingerprint density at radius 1 is 0.971 bits per heavy atom. The molecule has 2 amide bonds. The Morgan fingerprint density at radius 2 is 1.65 bits per heavy atom. The van der Waals surface area contributed by atoms with E-state index in [0.29, 0.717) is 22.7 Å². The van der Waals surface area contributed by atoms with Crippen molar-refractivity contribution in [1.82, 2.24) is 4.90 Å². The fourth-order valence-corrected chi connectivity index (χ4v) is 5.52. The van der Waals surface area contributed by atoms with Gasteiger partial charge in [0.25, 0.3) is 5.91 Å². The average molecular weight is 519 g/mol. The van der Waals surface area contributed by atoms with E-state index in [1.54, 1.807) is 12.1 Å². The summed E-state index contributed by atoms with van der Waals surface area (Å²) in [4.78, 5) is 40.9. The van der Waals surface area contributed by atoms with Crippen molar-refractivity contribution in [1.29, 1.82) is 0 Å². The Labute approximate surface area is 209 Å². The largest absolute Gasteiger partial charge is 0.477 e. The number of likely N-dealkylation sites (tertiary alicyclic amines) is 1. The molecule has 10 heteroatoms. The molecule has 2 N–H and O–H groups in total. The maximum absolute atomic E-state index is 13.8. The number of aromatic carboxylic acids is 1. The Balaban J connectivity index is 1.81. The van der Waals surface area contributed by atoms with Gasteiger partial charge in [-0.3, -0.25) is 4.79 Å². The molecule has 0 spiro atoms. The lowest BCUT2D eigenvalue weighted by Crippen LogP contribution is -2.49. The van der Waals surface area contributed by atoms with Gasteiger partial charge in [0, 0.05) is 29.0 Å². The van der Waals surface area contributed by atoms with E-state index in [2.05, 4.69) is 0 Å². The number of carbonyl (C=O) groups excluding carboxylic acids is 1. The minimum absolute atomic E-state index is 0.0259. The number of benzene rings is 2. The molecule has 0 aliphatic carbocycles. The van der Waals surface area contributed by atoms with Gasteiger partial charge in [-0.25, -0.2) is 9.59 Å². The van der Waals surface area contributed by atoms with Crippen molar-refractivity contribution in [3.05, 3.63) is 75.1 Å². The number of amides is 2. The van der Waals surface area contributed by atoms with Crippen molar-refractivity contribution in [3.8, 4) is 10.4 Å². The molecule has 0 atom stereocenters. The molecule has 1 aromatic heterocycles. The van der Waals surface area contributed by atoms with Gasteiger partial charge in [0.2, 0.25) is 0 Å². The number of carbonyl (C=O) groups is 3. The van der Waals surface area contributed by atoms with Crippen LogP contribution in [-0.2, 0) is 0 Å². The second-order valence-electron chi connectivity index (χ2n) is 7.80. The van der Waals surface area contributed by atoms with E-state index < -0.39 is 24.0 Å². The Kier molecular flexibility index (Phi) is 7.11. The topological polar surface area (TPSA) is 98.2 Å². The summed E-state index contributed by atoms with van der Waals surface area (Å²) >= 11 is 13.4. The van der Waals surface area contributed by atoms with Crippen LogP contribution in [0.25, 0.3) is 10.4 Å². The molecule has 1 saturated heterocycles. The molecule has 176 valence electrons. The Hall–Kier alpha value is -3.07. The van der Waals surface area contributed by atoms with Crippen molar-refractivity contribution >= 4 is 58.2 Å². The quantitative estimate of drug-likeness (QED) is 0.418. The average Bonchev–Trinajstić information content (AvgIpc) is 3.25. The fraction of sp³-hybridized carbons (Fsp3) is 0.208. The van der Waals surface area contributed by atoms with Crippen LogP contribution in [0.3, 0.4) is 0 Å². The van der Waals surface area contributed by atoms with Crippen LogP contribution < -0.4 is 4.90 Å². The lowest BCUT2D eigenvalue weighted by atomic mass is 10.0. The van der Waals surface area contributed by atoms with E-state index in [-0.39, 0.29) is 34.2 Å². The summed E-state index contributed by atoms with van der Waals surface area (Å²) in [5, 5.41) is 19.8. The van der Waals surface area contributed by atoms with Gasteiger partial charge in [0.05, 0.1) is 16.3 Å². The van der Waals surface area contributed by atoms with Crippen molar-refractivity contribution in [2.45, 2.75) is 18.9 Å². The number of hydrogen-bond acceptors (Lipinski definition) is 4. The van der Waals surface area contributed by atoms with Crippen LogP contribution in [0.2, 0.25) is 10.0 Å². The van der Waals surface area contributed by atoms with Crippen molar-refractivity contribution in [2.75, 3.05) is 18.0 Å². The van der Waals surface area contributed by atoms with Crippen LogP contribution in [0.1, 0.15) is 32.9 Å². The molecule has 0 saturated carbocycles. The SMILES string of the molecule is O=C(O)c1sc(-c2ccccc2)cc1N(C(=O)c1ccc(Cl)cc1Cl)C1CCN(C(=O)O)CC1. The highest BCUT2D eigenvalue weighted by atomic mass is 35.5. The first-order valence-electron chi connectivity index (χ1n) is 10.4. The van der Waals surface area contributed by atoms with Crippen LogP contribution in [0.4, 0.5) is 10.5 Å². The number of rotatable bonds is 5. The number of anilines is 1. The number of carboxylic acid groups (broad SMARTS) is 2. The Morgan fingerprint density at radius 3 is 2.24 bits per heavy atom. The van der Waals surface area contributed by atoms with Crippen LogP contribution in [0.5, 0.6) is 0 Å². The number of nitrogens with zero attached hydrogens (tertiary/aromatic N) is 2. The minimum Gasteiger partial charge on any atom is -0.477 e.